The maximum absolute atomic E-state index is 17.1. The minimum atomic E-state index is -3.00. The van der Waals surface area contributed by atoms with Gasteiger partial charge in [0.1, 0.15) is 36.2 Å². The van der Waals surface area contributed by atoms with Crippen LogP contribution in [0.2, 0.25) is 5.02 Å². The van der Waals surface area contributed by atoms with Crippen LogP contribution in [0.5, 0.6) is 11.8 Å². The normalized spacial score (nSPS) is 28.6. The van der Waals surface area contributed by atoms with Gasteiger partial charge in [-0.3, -0.25) is 10.6 Å². The number of alkyl halides is 3. The van der Waals surface area contributed by atoms with E-state index in [9.17, 15) is 13.2 Å². The highest BCUT2D eigenvalue weighted by Gasteiger charge is 2.50. The number of ether oxygens (including phenoxy) is 2. The molecule has 242 valence electrons. The third-order valence-corrected chi connectivity index (χ3v) is 11.0. The van der Waals surface area contributed by atoms with Gasteiger partial charge in [0.05, 0.1) is 22.0 Å². The van der Waals surface area contributed by atoms with Crippen molar-refractivity contribution in [2.24, 2.45) is 0 Å². The Hall–Kier alpha value is -3.62. The first-order valence-corrected chi connectivity index (χ1v) is 16.1. The van der Waals surface area contributed by atoms with E-state index in [2.05, 4.69) is 25.1 Å². The SMILES string of the molecule is Nc1[nH]c2cccc(-c3c(Cl)c4c5c(nc(OC[C@@]67CCCN6C[C@H](F)C7)nc5c3F)N3C[C@H]5CC[C@H](N5)[C@H]3CO4)c2[n+]1C(F)F. The number of H-pyrrole nitrogens is 1. The Balaban J connectivity index is 1.25. The van der Waals surface area contributed by atoms with Gasteiger partial charge in [0.25, 0.3) is 0 Å². The van der Waals surface area contributed by atoms with Gasteiger partial charge >= 0.3 is 18.5 Å². The molecule has 9 rings (SSSR count). The number of para-hydroxylation sites is 1. The number of fused-ring (bicyclic) bond motifs is 7. The molecule has 0 saturated carbocycles. The molecule has 7 heterocycles. The summed E-state index contributed by atoms with van der Waals surface area (Å²) in [6, 6.07) is 4.89. The Labute approximate surface area is 265 Å². The van der Waals surface area contributed by atoms with Crippen LogP contribution in [0.1, 0.15) is 38.7 Å². The lowest BCUT2D eigenvalue weighted by atomic mass is 9.95. The fourth-order valence-corrected chi connectivity index (χ4v) is 8.99. The second kappa shape index (κ2) is 10.2. The molecule has 5 aliphatic heterocycles. The number of nitrogens with two attached hydrogens (primary N) is 1. The zero-order chi connectivity index (χ0) is 31.5. The third kappa shape index (κ3) is 4.05. The van der Waals surface area contributed by atoms with E-state index in [-0.39, 0.29) is 81.7 Å². The third-order valence-electron chi connectivity index (χ3n) is 10.7. The van der Waals surface area contributed by atoms with Crippen molar-refractivity contribution >= 4 is 45.3 Å². The molecule has 5 atom stereocenters. The van der Waals surface area contributed by atoms with Crippen LogP contribution in [0.25, 0.3) is 33.1 Å². The molecule has 2 aromatic carbocycles. The number of nitrogens with one attached hydrogen (secondary N) is 2. The number of nitrogens with zero attached hydrogens (tertiary/aromatic N) is 5. The van der Waals surface area contributed by atoms with Crippen LogP contribution in [0.15, 0.2) is 18.2 Å². The van der Waals surface area contributed by atoms with Crippen molar-refractivity contribution in [2.45, 2.75) is 68.5 Å². The summed E-state index contributed by atoms with van der Waals surface area (Å²) < 4.78 is 73.4. The maximum atomic E-state index is 17.1. The molecule has 2 aromatic heterocycles. The van der Waals surface area contributed by atoms with Crippen LogP contribution >= 0.6 is 11.6 Å². The van der Waals surface area contributed by atoms with Crippen molar-refractivity contribution in [1.82, 2.24) is 25.2 Å². The Bertz CT molecular complexity index is 1910. The number of halogens is 5. The Morgan fingerprint density at radius 1 is 1.24 bits per heavy atom. The van der Waals surface area contributed by atoms with E-state index in [4.69, 9.17) is 31.8 Å². The van der Waals surface area contributed by atoms with Gasteiger partial charge in [0.2, 0.25) is 0 Å². The summed E-state index contributed by atoms with van der Waals surface area (Å²) in [5, 5.41) is 3.88. The van der Waals surface area contributed by atoms with Crippen LogP contribution in [0.4, 0.5) is 29.3 Å². The lowest BCUT2D eigenvalue weighted by Crippen LogP contribution is -2.60. The fourth-order valence-electron chi connectivity index (χ4n) is 8.66. The number of anilines is 2. The lowest BCUT2D eigenvalue weighted by Gasteiger charge is -2.40. The molecule has 0 unspecified atom stereocenters. The lowest BCUT2D eigenvalue weighted by molar-refractivity contribution is -0.738. The molecule has 2 bridgehead atoms. The van der Waals surface area contributed by atoms with Crippen molar-refractivity contribution in [2.75, 3.05) is 43.5 Å². The topological polar surface area (TPSA) is 108 Å². The summed E-state index contributed by atoms with van der Waals surface area (Å²) in [5.41, 5.74) is 5.59. The number of aromatic nitrogens is 4. The van der Waals surface area contributed by atoms with E-state index in [0.29, 0.717) is 35.3 Å². The summed E-state index contributed by atoms with van der Waals surface area (Å²) in [6.07, 6.45) is 3.09. The van der Waals surface area contributed by atoms with E-state index < -0.39 is 24.1 Å². The first-order valence-electron chi connectivity index (χ1n) is 15.7. The molecule has 5 aliphatic rings. The first-order chi connectivity index (χ1) is 22.2. The van der Waals surface area contributed by atoms with Crippen LogP contribution in [-0.2, 0) is 0 Å². The quantitative estimate of drug-likeness (QED) is 0.213. The highest BCUT2D eigenvalue weighted by atomic mass is 35.5. The molecule has 0 spiro atoms. The predicted molar refractivity (Wildman–Crippen MR) is 163 cm³/mol. The Kier molecular flexibility index (Phi) is 6.33. The zero-order valence-electron chi connectivity index (χ0n) is 24.7. The number of hydrogen-bond donors (Lipinski definition) is 3. The number of piperazine rings is 1. The largest absolute Gasteiger partial charge is 0.489 e. The van der Waals surface area contributed by atoms with Crippen molar-refractivity contribution in [3.05, 3.63) is 29.0 Å². The highest BCUT2D eigenvalue weighted by molar-refractivity contribution is 6.37. The van der Waals surface area contributed by atoms with Gasteiger partial charge in [0, 0.05) is 42.7 Å². The van der Waals surface area contributed by atoms with Gasteiger partial charge < -0.3 is 19.7 Å². The average molecular weight is 660 g/mol. The molecule has 0 aliphatic carbocycles. The van der Waals surface area contributed by atoms with Crippen molar-refractivity contribution in [1.29, 1.82) is 0 Å². The van der Waals surface area contributed by atoms with Crippen LogP contribution in [0.3, 0.4) is 0 Å². The summed E-state index contributed by atoms with van der Waals surface area (Å²) in [4.78, 5) is 16.5. The number of imidazole rings is 1. The van der Waals surface area contributed by atoms with Gasteiger partial charge in [-0.05, 0) is 38.3 Å². The van der Waals surface area contributed by atoms with E-state index in [1.54, 1.807) is 12.1 Å². The zero-order valence-corrected chi connectivity index (χ0v) is 25.5. The van der Waals surface area contributed by atoms with Gasteiger partial charge in [-0.2, -0.15) is 23.3 Å². The van der Waals surface area contributed by atoms with Gasteiger partial charge in [-0.1, -0.05) is 23.7 Å². The minimum absolute atomic E-state index is 0.0110. The smallest absolute Gasteiger partial charge is 0.368 e. The van der Waals surface area contributed by atoms with E-state index in [1.807, 2.05) is 0 Å². The van der Waals surface area contributed by atoms with E-state index >= 15 is 4.39 Å². The molecule has 0 radical (unpaired) electrons. The minimum Gasteiger partial charge on any atom is -0.489 e. The molecule has 4 saturated heterocycles. The Morgan fingerprint density at radius 3 is 2.96 bits per heavy atom. The monoisotopic (exact) mass is 659 g/mol. The molecule has 4 N–H and O–H groups in total. The Morgan fingerprint density at radius 2 is 2.11 bits per heavy atom. The number of hydrogen-bond acceptors (Lipinski definition) is 8. The van der Waals surface area contributed by atoms with Crippen molar-refractivity contribution < 1.29 is 31.6 Å². The summed E-state index contributed by atoms with van der Waals surface area (Å²) in [6.45, 7) is -0.820. The predicted octanol–water partition coefficient (Wildman–Crippen LogP) is 4.49. The first kappa shape index (κ1) is 28.6. The molecule has 46 heavy (non-hydrogen) atoms. The molecular formula is C31H32ClF4N8O2+. The molecule has 0 amide bonds. The van der Waals surface area contributed by atoms with Gasteiger partial charge in [-0.15, -0.1) is 0 Å². The molecule has 4 aromatic rings. The number of rotatable bonds is 5. The standard InChI is InChI=1S/C31H31ClF4N8O2/c32-22-20(16-3-1-4-18-25(16)44(28(35)36)29(37)39-18)23(34)24-21-26(22)45-12-19-17-6-5-15(38-17)11-43(19)27(21)41-30(40-24)46-13-31-7-2-8-42(31)10-14(33)9-31/h1,3-4,14-15,17,19,28,38H,2,5-13H2,(H2,37,39)/p+1/t14-,15-,17+,19-,31+/m1/s1. The van der Waals surface area contributed by atoms with Gasteiger partial charge in [-0.25, -0.2) is 13.8 Å². The number of benzene rings is 2. The molecule has 10 nitrogen and oxygen atoms in total. The van der Waals surface area contributed by atoms with E-state index in [0.717, 1.165) is 32.2 Å². The number of aromatic amines is 1. The molecule has 4 fully saturated rings. The van der Waals surface area contributed by atoms with Crippen LogP contribution in [-0.4, -0.2) is 82.5 Å². The van der Waals surface area contributed by atoms with Crippen LogP contribution < -0.4 is 30.0 Å². The highest BCUT2D eigenvalue weighted by Crippen LogP contribution is 2.50. The average Bonchev–Trinajstić information content (AvgIpc) is 3.74. The maximum Gasteiger partial charge on any atom is 0.368 e. The summed E-state index contributed by atoms with van der Waals surface area (Å²) >= 11 is 7.02. The molecular weight excluding hydrogens is 628 g/mol. The summed E-state index contributed by atoms with van der Waals surface area (Å²) in [7, 11) is 0. The van der Waals surface area contributed by atoms with Crippen molar-refractivity contribution in [3.8, 4) is 22.9 Å². The van der Waals surface area contributed by atoms with Crippen LogP contribution in [0, 0.1) is 5.82 Å². The van der Waals surface area contributed by atoms with Crippen molar-refractivity contribution in [3.63, 3.8) is 0 Å². The van der Waals surface area contributed by atoms with Gasteiger partial charge in [0.15, 0.2) is 17.1 Å². The number of nitrogen functional groups attached to an aromatic ring is 1. The van der Waals surface area contributed by atoms with E-state index in [1.165, 1.54) is 6.07 Å². The molecule has 15 heteroatoms. The summed E-state index contributed by atoms with van der Waals surface area (Å²) in [5.74, 6) is -0.478. The fraction of sp³-hybridized carbons (Fsp3) is 0.516. The second-order valence-corrected chi connectivity index (χ2v) is 13.6. The second-order valence-electron chi connectivity index (χ2n) is 13.2.